The van der Waals surface area contributed by atoms with E-state index in [1.54, 1.807) is 25.4 Å². The molecule has 0 radical (unpaired) electrons. The van der Waals surface area contributed by atoms with Gasteiger partial charge in [0.05, 0.1) is 6.42 Å². The zero-order valence-corrected chi connectivity index (χ0v) is 16.0. The second kappa shape index (κ2) is 9.98. The Hall–Kier alpha value is -2.32. The molecule has 0 aliphatic carbocycles. The molecule has 2 heterocycles. The van der Waals surface area contributed by atoms with Crippen molar-refractivity contribution in [3.63, 3.8) is 0 Å². The average Bonchev–Trinajstić information content (AvgIpc) is 2.57. The average molecular weight is 381 g/mol. The Morgan fingerprint density at radius 2 is 1.96 bits per heavy atom. The lowest BCUT2D eigenvalue weighted by Gasteiger charge is -2.19. The summed E-state index contributed by atoms with van der Waals surface area (Å²) in [5, 5.41) is 2.88. The van der Waals surface area contributed by atoms with E-state index in [0.717, 1.165) is 6.42 Å². The number of amides is 1. The van der Waals surface area contributed by atoms with Crippen LogP contribution in [0.2, 0.25) is 0 Å². The van der Waals surface area contributed by atoms with Crippen LogP contribution in [0.3, 0.4) is 0 Å². The molecule has 0 saturated heterocycles. The molecule has 0 aliphatic heterocycles. The third-order valence-corrected chi connectivity index (χ3v) is 3.74. The fraction of sp³-hybridized carbons (Fsp3) is 0.471. The van der Waals surface area contributed by atoms with Gasteiger partial charge < -0.3 is 16.0 Å². The molecule has 1 amide bonds. The van der Waals surface area contributed by atoms with Crippen molar-refractivity contribution in [3.8, 4) is 11.6 Å². The molecule has 142 valence electrons. The normalized spacial score (nSPS) is 11.7. The maximum atomic E-state index is 12.3. The van der Waals surface area contributed by atoms with Crippen molar-refractivity contribution in [3.05, 3.63) is 40.1 Å². The van der Waals surface area contributed by atoms with E-state index in [0.29, 0.717) is 29.5 Å². The zero-order chi connectivity index (χ0) is 18.4. The van der Waals surface area contributed by atoms with E-state index < -0.39 is 0 Å². The fourth-order valence-corrected chi connectivity index (χ4v) is 2.57. The first-order valence-corrected chi connectivity index (χ1v) is 8.27. The summed E-state index contributed by atoms with van der Waals surface area (Å²) in [6, 6.07) is 1.58. The molecule has 2 aromatic rings. The highest BCUT2D eigenvalue weighted by Crippen LogP contribution is 2.09. The van der Waals surface area contributed by atoms with E-state index in [4.69, 9.17) is 5.73 Å². The van der Waals surface area contributed by atoms with E-state index in [9.17, 15) is 9.59 Å². The Bertz CT molecular complexity index is 779. The van der Waals surface area contributed by atoms with Gasteiger partial charge in [0.1, 0.15) is 0 Å². The molecule has 0 aliphatic rings. The molecule has 1 unspecified atom stereocenters. The van der Waals surface area contributed by atoms with Gasteiger partial charge in [0, 0.05) is 36.2 Å². The molecule has 0 aromatic carbocycles. The molecule has 0 saturated carbocycles. The van der Waals surface area contributed by atoms with Gasteiger partial charge in [-0.25, -0.2) is 15.0 Å². The SMILES string of the molecule is Cc1nc(-c2ncccn2)[nH]c(=O)c1CC(=O)NC(CN)CC(C)C.Cl. The largest absolute Gasteiger partial charge is 0.352 e. The summed E-state index contributed by atoms with van der Waals surface area (Å²) < 4.78 is 0. The lowest BCUT2D eigenvalue weighted by Crippen LogP contribution is -2.42. The van der Waals surface area contributed by atoms with Gasteiger partial charge in [-0.2, -0.15) is 0 Å². The number of rotatable bonds is 7. The summed E-state index contributed by atoms with van der Waals surface area (Å²) in [6.45, 7) is 6.19. The fourth-order valence-electron chi connectivity index (χ4n) is 2.57. The number of aryl methyl sites for hydroxylation is 1. The van der Waals surface area contributed by atoms with Crippen molar-refractivity contribution in [2.45, 2.75) is 39.7 Å². The zero-order valence-electron chi connectivity index (χ0n) is 15.2. The smallest absolute Gasteiger partial charge is 0.255 e. The number of H-pyrrole nitrogens is 1. The molecule has 0 fully saturated rings. The lowest BCUT2D eigenvalue weighted by atomic mass is 10.0. The molecule has 2 rings (SSSR count). The third-order valence-electron chi connectivity index (χ3n) is 3.74. The second-order valence-corrected chi connectivity index (χ2v) is 6.36. The molecular weight excluding hydrogens is 356 g/mol. The van der Waals surface area contributed by atoms with Crippen LogP contribution < -0.4 is 16.6 Å². The van der Waals surface area contributed by atoms with Crippen molar-refractivity contribution >= 4 is 18.3 Å². The Balaban J connectivity index is 0.00000338. The van der Waals surface area contributed by atoms with E-state index in [2.05, 4.69) is 39.1 Å². The van der Waals surface area contributed by atoms with E-state index >= 15 is 0 Å². The molecule has 4 N–H and O–H groups in total. The van der Waals surface area contributed by atoms with Crippen molar-refractivity contribution in [1.29, 1.82) is 0 Å². The summed E-state index contributed by atoms with van der Waals surface area (Å²) in [5.74, 6) is 0.798. The number of carbonyl (C=O) groups excluding carboxylic acids is 1. The van der Waals surface area contributed by atoms with Crippen LogP contribution in [0.4, 0.5) is 0 Å². The van der Waals surface area contributed by atoms with Gasteiger partial charge in [0.15, 0.2) is 11.6 Å². The summed E-state index contributed by atoms with van der Waals surface area (Å²) in [4.78, 5) is 39.7. The second-order valence-electron chi connectivity index (χ2n) is 6.36. The topological polar surface area (TPSA) is 127 Å². The van der Waals surface area contributed by atoms with Crippen LogP contribution >= 0.6 is 12.4 Å². The number of nitrogens with two attached hydrogens (primary N) is 1. The van der Waals surface area contributed by atoms with Crippen LogP contribution in [0.15, 0.2) is 23.3 Å². The predicted molar refractivity (Wildman–Crippen MR) is 102 cm³/mol. The summed E-state index contributed by atoms with van der Waals surface area (Å²) in [5.41, 5.74) is 6.15. The molecule has 0 bridgehead atoms. The van der Waals surface area contributed by atoms with Gasteiger partial charge in [0.2, 0.25) is 5.91 Å². The number of aromatic nitrogens is 4. The molecule has 2 aromatic heterocycles. The number of nitrogens with zero attached hydrogens (tertiary/aromatic N) is 3. The van der Waals surface area contributed by atoms with Gasteiger partial charge in [0.25, 0.3) is 5.56 Å². The van der Waals surface area contributed by atoms with Gasteiger partial charge in [-0.05, 0) is 25.3 Å². The monoisotopic (exact) mass is 380 g/mol. The van der Waals surface area contributed by atoms with Gasteiger partial charge in [-0.15, -0.1) is 12.4 Å². The molecule has 9 heteroatoms. The predicted octanol–water partition coefficient (Wildman–Crippen LogP) is 0.989. The first-order chi connectivity index (χ1) is 11.9. The Morgan fingerprint density at radius 1 is 1.31 bits per heavy atom. The number of nitrogens with one attached hydrogen (secondary N) is 2. The van der Waals surface area contributed by atoms with Crippen LogP contribution in [-0.2, 0) is 11.2 Å². The van der Waals surface area contributed by atoms with Crippen molar-refractivity contribution in [2.24, 2.45) is 11.7 Å². The molecular formula is C17H25ClN6O2. The highest BCUT2D eigenvalue weighted by atomic mass is 35.5. The Labute approximate surface area is 158 Å². The minimum Gasteiger partial charge on any atom is -0.352 e. The number of carbonyl (C=O) groups is 1. The van der Waals surface area contributed by atoms with E-state index in [1.807, 2.05) is 0 Å². The van der Waals surface area contributed by atoms with Crippen LogP contribution in [0.1, 0.15) is 31.5 Å². The van der Waals surface area contributed by atoms with Crippen LogP contribution in [0.25, 0.3) is 11.6 Å². The summed E-state index contributed by atoms with van der Waals surface area (Å²) >= 11 is 0. The number of hydrogen-bond donors (Lipinski definition) is 3. The number of aromatic amines is 1. The van der Waals surface area contributed by atoms with E-state index in [-0.39, 0.29) is 42.2 Å². The van der Waals surface area contributed by atoms with Gasteiger partial charge in [-0.3, -0.25) is 9.59 Å². The van der Waals surface area contributed by atoms with Crippen LogP contribution in [-0.4, -0.2) is 38.4 Å². The summed E-state index contributed by atoms with van der Waals surface area (Å²) in [6.07, 6.45) is 3.89. The maximum absolute atomic E-state index is 12.3. The molecule has 1 atom stereocenters. The molecule has 8 nitrogen and oxygen atoms in total. The minimum absolute atomic E-state index is 0. The van der Waals surface area contributed by atoms with E-state index in [1.165, 1.54) is 0 Å². The number of halogens is 1. The highest BCUT2D eigenvalue weighted by molar-refractivity contribution is 5.85. The van der Waals surface area contributed by atoms with Crippen molar-refractivity contribution < 1.29 is 4.79 Å². The van der Waals surface area contributed by atoms with Crippen molar-refractivity contribution in [1.82, 2.24) is 25.3 Å². The van der Waals surface area contributed by atoms with Crippen LogP contribution in [0.5, 0.6) is 0 Å². The maximum Gasteiger partial charge on any atom is 0.255 e. The standard InChI is InChI=1S/C17H24N6O2.ClH/c1-10(2)7-12(9-18)22-14(24)8-13-11(3)21-16(23-17(13)25)15-19-5-4-6-20-15;/h4-6,10,12H,7-9,18H2,1-3H3,(H,22,24)(H,21,23,25);1H. The van der Waals surface area contributed by atoms with Crippen molar-refractivity contribution in [2.75, 3.05) is 6.54 Å². The van der Waals surface area contributed by atoms with Crippen LogP contribution in [0, 0.1) is 12.8 Å². The Morgan fingerprint density at radius 3 is 2.50 bits per heavy atom. The quantitative estimate of drug-likeness (QED) is 0.657. The highest BCUT2D eigenvalue weighted by Gasteiger charge is 2.17. The Kier molecular flexibility index (Phi) is 8.34. The molecule has 0 spiro atoms. The lowest BCUT2D eigenvalue weighted by molar-refractivity contribution is -0.121. The van der Waals surface area contributed by atoms with Gasteiger partial charge in [-0.1, -0.05) is 13.8 Å². The number of hydrogen-bond acceptors (Lipinski definition) is 6. The minimum atomic E-state index is -0.363. The molecule has 26 heavy (non-hydrogen) atoms. The first-order valence-electron chi connectivity index (χ1n) is 8.27. The summed E-state index contributed by atoms with van der Waals surface area (Å²) in [7, 11) is 0. The first kappa shape index (κ1) is 21.7. The third kappa shape index (κ3) is 5.89. The van der Waals surface area contributed by atoms with Gasteiger partial charge >= 0.3 is 0 Å².